The van der Waals surface area contributed by atoms with Gasteiger partial charge in [0.1, 0.15) is 11.2 Å². The molecule has 1 aliphatic rings. The van der Waals surface area contributed by atoms with Gasteiger partial charge in [-0.15, -0.1) is 0 Å². The van der Waals surface area contributed by atoms with Crippen molar-refractivity contribution in [1.82, 2.24) is 0 Å². The average Bonchev–Trinajstić information content (AvgIpc) is 2.58. The van der Waals surface area contributed by atoms with E-state index in [0.29, 0.717) is 12.8 Å². The lowest BCUT2D eigenvalue weighted by atomic mass is 9.73. The third-order valence-corrected chi connectivity index (χ3v) is 5.00. The third-order valence-electron chi connectivity index (χ3n) is 5.00. The molecule has 1 heterocycles. The molecular formula is C23H42O6. The lowest BCUT2D eigenvalue weighted by Crippen LogP contribution is -2.58. The molecule has 0 aliphatic carbocycles. The van der Waals surface area contributed by atoms with Gasteiger partial charge in [-0.2, -0.15) is 0 Å². The highest BCUT2D eigenvalue weighted by atomic mass is 16.7. The van der Waals surface area contributed by atoms with Crippen molar-refractivity contribution in [2.45, 2.75) is 123 Å². The van der Waals surface area contributed by atoms with Gasteiger partial charge in [0.05, 0.1) is 6.10 Å². The molecule has 6 heteroatoms. The number of ether oxygens (including phenoxy) is 4. The molecule has 0 bridgehead atoms. The maximum Gasteiger partial charge on any atom is 0.326 e. The Morgan fingerprint density at radius 3 is 1.90 bits per heavy atom. The summed E-state index contributed by atoms with van der Waals surface area (Å²) in [4.78, 5) is 26.7. The van der Waals surface area contributed by atoms with Gasteiger partial charge in [0.15, 0.2) is 11.7 Å². The molecule has 0 spiro atoms. The summed E-state index contributed by atoms with van der Waals surface area (Å²) in [5.41, 5.74) is -2.90. The van der Waals surface area contributed by atoms with Crippen LogP contribution in [0, 0.1) is 5.41 Å². The van der Waals surface area contributed by atoms with Crippen LogP contribution < -0.4 is 0 Å². The van der Waals surface area contributed by atoms with Crippen molar-refractivity contribution in [2.75, 3.05) is 7.11 Å². The highest BCUT2D eigenvalue weighted by Gasteiger charge is 2.59. The molecule has 0 amide bonds. The first-order chi connectivity index (χ1) is 13.4. The van der Waals surface area contributed by atoms with Crippen LogP contribution in [-0.4, -0.2) is 42.6 Å². The first kappa shape index (κ1) is 25.9. The predicted molar refractivity (Wildman–Crippen MR) is 112 cm³/mol. The lowest BCUT2D eigenvalue weighted by Gasteiger charge is -2.44. The lowest BCUT2D eigenvalue weighted by molar-refractivity contribution is -0.242. The van der Waals surface area contributed by atoms with Crippen LogP contribution in [0.3, 0.4) is 0 Å². The molecule has 0 radical (unpaired) electrons. The quantitative estimate of drug-likeness (QED) is 0.294. The van der Waals surface area contributed by atoms with Gasteiger partial charge in [-0.1, -0.05) is 39.0 Å². The van der Waals surface area contributed by atoms with Crippen LogP contribution in [0.2, 0.25) is 0 Å². The second-order valence-corrected chi connectivity index (χ2v) is 10.0. The van der Waals surface area contributed by atoms with Gasteiger partial charge in [0.25, 0.3) is 0 Å². The fourth-order valence-electron chi connectivity index (χ4n) is 3.58. The average molecular weight is 415 g/mol. The van der Waals surface area contributed by atoms with Crippen molar-refractivity contribution < 1.29 is 28.5 Å². The smallest absolute Gasteiger partial charge is 0.326 e. The molecule has 0 aromatic heterocycles. The standard InChI is InChI=1S/C23H42O6/c1-9-10-11-12-13-14-17-23(16-15-18(26-8)27-17,19(24)28-21(2,3)4)20(25)29-22(5,6)7/h17-18H,9-16H2,1-8H3/t17-,18+/m0/s1. The molecule has 2 atom stereocenters. The van der Waals surface area contributed by atoms with E-state index in [1.54, 1.807) is 48.7 Å². The Morgan fingerprint density at radius 1 is 0.931 bits per heavy atom. The second kappa shape index (κ2) is 10.8. The highest BCUT2D eigenvalue weighted by Crippen LogP contribution is 2.43. The van der Waals surface area contributed by atoms with E-state index in [4.69, 9.17) is 18.9 Å². The van der Waals surface area contributed by atoms with E-state index in [-0.39, 0.29) is 6.42 Å². The molecule has 0 aromatic carbocycles. The van der Waals surface area contributed by atoms with Crippen molar-refractivity contribution in [3.8, 4) is 0 Å². The molecule has 1 fully saturated rings. The SMILES string of the molecule is CCCCCCC[C@@H]1O[C@@H](OC)CCC1(C(=O)OC(C)(C)C)C(=O)OC(C)(C)C. The summed E-state index contributed by atoms with van der Waals surface area (Å²) in [6.07, 6.45) is 5.60. The number of unbranched alkanes of at least 4 members (excludes halogenated alkanes) is 4. The predicted octanol–water partition coefficient (Wildman–Crippen LogP) is 5.17. The molecule has 0 N–H and O–H groups in total. The van der Waals surface area contributed by atoms with Gasteiger partial charge in [0, 0.05) is 13.5 Å². The Labute approximate surface area is 177 Å². The third kappa shape index (κ3) is 7.89. The van der Waals surface area contributed by atoms with Gasteiger partial charge in [0.2, 0.25) is 0 Å². The summed E-state index contributed by atoms with van der Waals surface area (Å²) in [7, 11) is 1.58. The Hall–Kier alpha value is -1.14. The van der Waals surface area contributed by atoms with E-state index in [2.05, 4.69) is 6.92 Å². The monoisotopic (exact) mass is 414 g/mol. The summed E-state index contributed by atoms with van der Waals surface area (Å²) < 4.78 is 22.9. The fourth-order valence-corrected chi connectivity index (χ4v) is 3.58. The molecule has 0 aromatic rings. The zero-order valence-electron chi connectivity index (χ0n) is 19.8. The summed E-state index contributed by atoms with van der Waals surface area (Å²) in [5, 5.41) is 0. The Balaban J connectivity index is 3.19. The van der Waals surface area contributed by atoms with Crippen LogP contribution in [0.5, 0.6) is 0 Å². The van der Waals surface area contributed by atoms with Crippen LogP contribution in [0.4, 0.5) is 0 Å². The molecule has 1 aliphatic heterocycles. The van der Waals surface area contributed by atoms with E-state index in [1.165, 1.54) is 6.42 Å². The van der Waals surface area contributed by atoms with Crippen LogP contribution in [0.25, 0.3) is 0 Å². The maximum atomic E-state index is 13.4. The summed E-state index contributed by atoms with van der Waals surface area (Å²) in [5.74, 6) is -1.13. The van der Waals surface area contributed by atoms with Crippen molar-refractivity contribution >= 4 is 11.9 Å². The minimum absolute atomic E-state index is 0.287. The van der Waals surface area contributed by atoms with Crippen molar-refractivity contribution in [2.24, 2.45) is 5.41 Å². The van der Waals surface area contributed by atoms with Crippen molar-refractivity contribution in [1.29, 1.82) is 0 Å². The number of rotatable bonds is 9. The van der Waals surface area contributed by atoms with E-state index in [1.807, 2.05) is 0 Å². The molecule has 1 saturated heterocycles. The van der Waals surface area contributed by atoms with Crippen LogP contribution in [0.15, 0.2) is 0 Å². The van der Waals surface area contributed by atoms with E-state index < -0.39 is 40.9 Å². The Kier molecular flexibility index (Phi) is 9.61. The Bertz CT molecular complexity index is 500. The van der Waals surface area contributed by atoms with Crippen LogP contribution in [0.1, 0.15) is 99.8 Å². The first-order valence-electron chi connectivity index (χ1n) is 11.0. The number of methoxy groups -OCH3 is 1. The molecule has 0 saturated carbocycles. The highest BCUT2D eigenvalue weighted by molar-refractivity contribution is 6.01. The zero-order chi connectivity index (χ0) is 22.3. The largest absolute Gasteiger partial charge is 0.459 e. The van der Waals surface area contributed by atoms with E-state index in [0.717, 1.165) is 25.7 Å². The second-order valence-electron chi connectivity index (χ2n) is 10.0. The normalized spacial score (nSPS) is 22.2. The van der Waals surface area contributed by atoms with Gasteiger partial charge >= 0.3 is 11.9 Å². The number of carbonyl (C=O) groups excluding carboxylic acids is 2. The zero-order valence-corrected chi connectivity index (χ0v) is 19.8. The van der Waals surface area contributed by atoms with Crippen molar-refractivity contribution in [3.05, 3.63) is 0 Å². The first-order valence-corrected chi connectivity index (χ1v) is 11.0. The minimum Gasteiger partial charge on any atom is -0.459 e. The summed E-state index contributed by atoms with van der Waals surface area (Å²) >= 11 is 0. The van der Waals surface area contributed by atoms with E-state index in [9.17, 15) is 9.59 Å². The molecule has 1 rings (SSSR count). The minimum atomic E-state index is -1.47. The number of hydrogen-bond donors (Lipinski definition) is 0. The van der Waals surface area contributed by atoms with E-state index >= 15 is 0 Å². The Morgan fingerprint density at radius 2 is 1.45 bits per heavy atom. The maximum absolute atomic E-state index is 13.4. The van der Waals surface area contributed by atoms with Gasteiger partial charge in [-0.3, -0.25) is 9.59 Å². The summed E-state index contributed by atoms with van der Waals surface area (Å²) in [6.45, 7) is 13.0. The van der Waals surface area contributed by atoms with Gasteiger partial charge in [-0.05, 0) is 54.4 Å². The molecule has 29 heavy (non-hydrogen) atoms. The molecule has 0 unspecified atom stereocenters. The molecule has 6 nitrogen and oxygen atoms in total. The van der Waals surface area contributed by atoms with Crippen molar-refractivity contribution in [3.63, 3.8) is 0 Å². The molecular weight excluding hydrogens is 372 g/mol. The van der Waals surface area contributed by atoms with Crippen LogP contribution in [-0.2, 0) is 28.5 Å². The number of hydrogen-bond acceptors (Lipinski definition) is 6. The summed E-state index contributed by atoms with van der Waals surface area (Å²) in [6, 6.07) is 0. The topological polar surface area (TPSA) is 71.1 Å². The van der Waals surface area contributed by atoms with Crippen LogP contribution >= 0.6 is 0 Å². The molecule has 170 valence electrons. The van der Waals surface area contributed by atoms with Gasteiger partial charge < -0.3 is 18.9 Å². The van der Waals surface area contributed by atoms with Gasteiger partial charge in [-0.25, -0.2) is 0 Å². The fraction of sp³-hybridized carbons (Fsp3) is 0.913. The number of esters is 2. The number of carbonyl (C=O) groups is 2.